The summed E-state index contributed by atoms with van der Waals surface area (Å²) in [5.41, 5.74) is 1.28. The van der Waals surface area contributed by atoms with Crippen molar-refractivity contribution in [2.24, 2.45) is 11.8 Å². The molecule has 0 radical (unpaired) electrons. The van der Waals surface area contributed by atoms with Crippen molar-refractivity contribution in [2.75, 3.05) is 25.5 Å². The number of nitrogens with one attached hydrogen (secondary N) is 1. The van der Waals surface area contributed by atoms with Gasteiger partial charge in [-0.1, -0.05) is 18.5 Å². The van der Waals surface area contributed by atoms with E-state index in [1.54, 1.807) is 60.5 Å². The standard InChI is InChI=1S/C21H23ClN2O3/c1-14-13-19(14)20(25)23-17-7-3-15(4-8-17)21(26)24(2)11-12-27-18-9-5-16(22)6-10-18/h3-10,14,19H,11-13H2,1-2H3,(H,23,25). The SMILES string of the molecule is CC1CC1C(=O)Nc1ccc(C(=O)N(C)CCOc2ccc(Cl)cc2)cc1. The van der Waals surface area contributed by atoms with Crippen LogP contribution in [0.1, 0.15) is 23.7 Å². The molecule has 1 N–H and O–H groups in total. The van der Waals surface area contributed by atoms with Crippen LogP contribution < -0.4 is 10.1 Å². The molecule has 1 aliphatic rings. The van der Waals surface area contributed by atoms with Crippen molar-refractivity contribution >= 4 is 29.1 Å². The molecule has 2 aromatic rings. The molecule has 1 fully saturated rings. The molecule has 2 atom stereocenters. The number of ether oxygens (including phenoxy) is 1. The van der Waals surface area contributed by atoms with E-state index < -0.39 is 0 Å². The summed E-state index contributed by atoms with van der Waals surface area (Å²) in [6.45, 7) is 2.91. The van der Waals surface area contributed by atoms with Crippen molar-refractivity contribution in [1.82, 2.24) is 4.90 Å². The molecule has 0 aliphatic heterocycles. The molecular formula is C21H23ClN2O3. The maximum absolute atomic E-state index is 12.5. The lowest BCUT2D eigenvalue weighted by Crippen LogP contribution is -2.30. The fourth-order valence-corrected chi connectivity index (χ4v) is 2.90. The fraction of sp³-hybridized carbons (Fsp3) is 0.333. The average Bonchev–Trinajstić information content (AvgIpc) is 3.40. The van der Waals surface area contributed by atoms with Gasteiger partial charge in [0, 0.05) is 29.2 Å². The van der Waals surface area contributed by atoms with E-state index in [9.17, 15) is 9.59 Å². The van der Waals surface area contributed by atoms with Gasteiger partial charge in [-0.25, -0.2) is 0 Å². The van der Waals surface area contributed by atoms with Crippen molar-refractivity contribution in [1.29, 1.82) is 0 Å². The number of rotatable bonds is 7. The highest BCUT2D eigenvalue weighted by molar-refractivity contribution is 6.30. The van der Waals surface area contributed by atoms with Gasteiger partial charge in [-0.3, -0.25) is 9.59 Å². The number of halogens is 1. The first-order valence-corrected chi connectivity index (χ1v) is 9.36. The molecule has 0 spiro atoms. The highest BCUT2D eigenvalue weighted by atomic mass is 35.5. The lowest BCUT2D eigenvalue weighted by molar-refractivity contribution is -0.117. The molecule has 0 heterocycles. The molecule has 5 nitrogen and oxygen atoms in total. The van der Waals surface area contributed by atoms with Crippen LogP contribution in [0, 0.1) is 11.8 Å². The lowest BCUT2D eigenvalue weighted by atomic mass is 10.1. The summed E-state index contributed by atoms with van der Waals surface area (Å²) in [4.78, 5) is 26.1. The number of nitrogens with zero attached hydrogens (tertiary/aromatic N) is 1. The van der Waals surface area contributed by atoms with Crippen LogP contribution in [-0.4, -0.2) is 36.9 Å². The molecule has 0 saturated heterocycles. The summed E-state index contributed by atoms with van der Waals surface area (Å²) in [5.74, 6) is 1.26. The Morgan fingerprint density at radius 3 is 2.37 bits per heavy atom. The Kier molecular flexibility index (Phi) is 6.01. The van der Waals surface area contributed by atoms with Gasteiger partial charge in [-0.05, 0) is 60.9 Å². The Morgan fingerprint density at radius 1 is 1.15 bits per heavy atom. The van der Waals surface area contributed by atoms with E-state index in [4.69, 9.17) is 16.3 Å². The van der Waals surface area contributed by atoms with Crippen molar-refractivity contribution in [3.05, 3.63) is 59.1 Å². The molecule has 3 rings (SSSR count). The number of likely N-dealkylation sites (N-methyl/N-ethyl adjacent to an activating group) is 1. The molecule has 2 unspecified atom stereocenters. The van der Waals surface area contributed by atoms with E-state index in [2.05, 4.69) is 12.2 Å². The average molecular weight is 387 g/mol. The van der Waals surface area contributed by atoms with Gasteiger partial charge in [-0.15, -0.1) is 0 Å². The second-order valence-electron chi connectivity index (χ2n) is 6.92. The number of carbonyl (C=O) groups is 2. The first-order chi connectivity index (χ1) is 12.9. The molecule has 1 saturated carbocycles. The molecule has 1 aliphatic carbocycles. The van der Waals surface area contributed by atoms with Crippen molar-refractivity contribution in [3.8, 4) is 5.75 Å². The summed E-state index contributed by atoms with van der Waals surface area (Å²) in [7, 11) is 1.73. The van der Waals surface area contributed by atoms with Crippen LogP contribution in [0.3, 0.4) is 0 Å². The number of benzene rings is 2. The van der Waals surface area contributed by atoms with Crippen LogP contribution in [0.2, 0.25) is 5.02 Å². The maximum atomic E-state index is 12.5. The van der Waals surface area contributed by atoms with Gasteiger partial charge in [0.25, 0.3) is 5.91 Å². The van der Waals surface area contributed by atoms with E-state index in [0.717, 1.165) is 6.42 Å². The van der Waals surface area contributed by atoms with Crippen LogP contribution in [0.5, 0.6) is 5.75 Å². The Morgan fingerprint density at radius 2 is 1.78 bits per heavy atom. The summed E-state index contributed by atoms with van der Waals surface area (Å²) in [6.07, 6.45) is 0.950. The highest BCUT2D eigenvalue weighted by Crippen LogP contribution is 2.38. The second kappa shape index (κ2) is 8.44. The first kappa shape index (κ1) is 19.2. The molecule has 27 heavy (non-hydrogen) atoms. The van der Waals surface area contributed by atoms with Gasteiger partial charge in [0.2, 0.25) is 5.91 Å². The minimum absolute atomic E-state index is 0.0537. The van der Waals surface area contributed by atoms with Gasteiger partial charge >= 0.3 is 0 Å². The zero-order valence-electron chi connectivity index (χ0n) is 15.4. The third kappa shape index (κ3) is 5.23. The van der Waals surface area contributed by atoms with E-state index >= 15 is 0 Å². The number of hydrogen-bond acceptors (Lipinski definition) is 3. The van der Waals surface area contributed by atoms with Gasteiger partial charge in [0.05, 0.1) is 6.54 Å². The normalized spacial score (nSPS) is 17.9. The lowest BCUT2D eigenvalue weighted by Gasteiger charge is -2.18. The second-order valence-corrected chi connectivity index (χ2v) is 7.35. The predicted octanol–water partition coefficient (Wildman–Crippen LogP) is 4.09. The maximum Gasteiger partial charge on any atom is 0.253 e. The monoisotopic (exact) mass is 386 g/mol. The fourth-order valence-electron chi connectivity index (χ4n) is 2.77. The zero-order valence-corrected chi connectivity index (χ0v) is 16.2. The van der Waals surface area contributed by atoms with Gasteiger partial charge in [-0.2, -0.15) is 0 Å². The summed E-state index contributed by atoms with van der Waals surface area (Å²) < 4.78 is 5.62. The van der Waals surface area contributed by atoms with Crippen LogP contribution in [0.15, 0.2) is 48.5 Å². The van der Waals surface area contributed by atoms with Crippen LogP contribution in [0.4, 0.5) is 5.69 Å². The summed E-state index contributed by atoms with van der Waals surface area (Å²) in [5, 5.41) is 3.55. The summed E-state index contributed by atoms with van der Waals surface area (Å²) >= 11 is 5.84. The van der Waals surface area contributed by atoms with Gasteiger partial charge in [0.1, 0.15) is 12.4 Å². The summed E-state index contributed by atoms with van der Waals surface area (Å²) in [6, 6.07) is 14.1. The molecule has 142 valence electrons. The van der Waals surface area contributed by atoms with E-state index in [-0.39, 0.29) is 17.7 Å². The molecule has 6 heteroatoms. The third-order valence-corrected chi connectivity index (χ3v) is 4.95. The van der Waals surface area contributed by atoms with Crippen LogP contribution in [-0.2, 0) is 4.79 Å². The van der Waals surface area contributed by atoms with Gasteiger partial charge < -0.3 is 15.0 Å². The van der Waals surface area contributed by atoms with E-state index in [1.807, 2.05) is 0 Å². The topological polar surface area (TPSA) is 58.6 Å². The molecular weight excluding hydrogens is 364 g/mol. The quantitative estimate of drug-likeness (QED) is 0.779. The largest absolute Gasteiger partial charge is 0.492 e. The minimum Gasteiger partial charge on any atom is -0.492 e. The number of anilines is 1. The van der Waals surface area contributed by atoms with Crippen molar-refractivity contribution in [2.45, 2.75) is 13.3 Å². The molecule has 0 bridgehead atoms. The van der Waals surface area contributed by atoms with Crippen molar-refractivity contribution < 1.29 is 14.3 Å². The Hall–Kier alpha value is -2.53. The third-order valence-electron chi connectivity index (χ3n) is 4.70. The number of carbonyl (C=O) groups excluding carboxylic acids is 2. The van der Waals surface area contributed by atoms with Crippen LogP contribution >= 0.6 is 11.6 Å². The minimum atomic E-state index is -0.0941. The Labute approximate surface area is 164 Å². The number of hydrogen-bond donors (Lipinski definition) is 1. The Bertz CT molecular complexity index is 805. The molecule has 2 aromatic carbocycles. The van der Waals surface area contributed by atoms with E-state index in [0.29, 0.717) is 41.1 Å². The zero-order chi connectivity index (χ0) is 19.4. The smallest absolute Gasteiger partial charge is 0.253 e. The predicted molar refractivity (Wildman–Crippen MR) is 106 cm³/mol. The Balaban J connectivity index is 1.47. The highest BCUT2D eigenvalue weighted by Gasteiger charge is 2.39. The number of amides is 2. The van der Waals surface area contributed by atoms with Crippen LogP contribution in [0.25, 0.3) is 0 Å². The first-order valence-electron chi connectivity index (χ1n) is 8.99. The van der Waals surface area contributed by atoms with Gasteiger partial charge in [0.15, 0.2) is 0 Å². The molecule has 0 aromatic heterocycles. The molecule has 2 amide bonds. The van der Waals surface area contributed by atoms with E-state index in [1.165, 1.54) is 0 Å². The van der Waals surface area contributed by atoms with Crippen molar-refractivity contribution in [3.63, 3.8) is 0 Å².